The van der Waals surface area contributed by atoms with Crippen LogP contribution in [-0.2, 0) is 11.3 Å². The van der Waals surface area contributed by atoms with Crippen molar-refractivity contribution in [2.45, 2.75) is 50.6 Å². The number of aliphatic carboxylic acids is 1. The van der Waals surface area contributed by atoms with E-state index in [0.717, 1.165) is 29.7 Å². The van der Waals surface area contributed by atoms with Crippen molar-refractivity contribution < 1.29 is 61.3 Å². The number of aromatic nitrogens is 1. The van der Waals surface area contributed by atoms with Crippen LogP contribution in [0.3, 0.4) is 0 Å². The van der Waals surface area contributed by atoms with Crippen molar-refractivity contribution in [3.8, 4) is 12.1 Å². The molecule has 0 spiro atoms. The summed E-state index contributed by atoms with van der Waals surface area (Å²) in [5.74, 6) is -0.887. The van der Waals surface area contributed by atoms with Crippen LogP contribution in [-0.4, -0.2) is 16.6 Å². The van der Waals surface area contributed by atoms with Crippen LogP contribution in [0.4, 0.5) is 11.4 Å². The van der Waals surface area contributed by atoms with Gasteiger partial charge in [-0.15, -0.1) is 11.3 Å². The number of fused-ring (bicyclic) bond motifs is 3. The van der Waals surface area contributed by atoms with Crippen molar-refractivity contribution in [1.82, 2.24) is 4.57 Å². The van der Waals surface area contributed by atoms with Gasteiger partial charge in [-0.1, -0.05) is 37.1 Å². The van der Waals surface area contributed by atoms with Crippen LogP contribution in [0.2, 0.25) is 0 Å². The number of rotatable bonds is 5. The van der Waals surface area contributed by atoms with Crippen LogP contribution < -0.4 is 76.1 Å². The van der Waals surface area contributed by atoms with E-state index in [1.54, 1.807) is 6.08 Å². The molecule has 7 nitrogen and oxygen atoms in total. The molecule has 37 heavy (non-hydrogen) atoms. The molecule has 0 amide bonds. The monoisotopic (exact) mass is 534 g/mol. The van der Waals surface area contributed by atoms with Gasteiger partial charge in [0.05, 0.1) is 4.53 Å². The minimum absolute atomic E-state index is 0. The summed E-state index contributed by atoms with van der Waals surface area (Å²) in [6.07, 6.45) is 6.02. The fourth-order valence-corrected chi connectivity index (χ4v) is 6.52. The minimum atomic E-state index is -1.30. The molecule has 5 rings (SSSR count). The van der Waals surface area contributed by atoms with E-state index in [2.05, 4.69) is 41.3 Å². The number of carboxylic acid groups (broad SMARTS) is 1. The normalized spacial score (nSPS) is 18.2. The Labute approximate surface area is 261 Å². The summed E-state index contributed by atoms with van der Waals surface area (Å²) in [4.78, 5) is 26.6. The van der Waals surface area contributed by atoms with E-state index in [1.165, 1.54) is 34.3 Å². The number of carboxylic acids is 1. The molecular formula is C28H23KN4O3S. The zero-order valence-electron chi connectivity index (χ0n) is 20.5. The van der Waals surface area contributed by atoms with Crippen molar-refractivity contribution in [3.05, 3.63) is 79.2 Å². The third-order valence-electron chi connectivity index (χ3n) is 6.99. The molecule has 9 heteroatoms. The summed E-state index contributed by atoms with van der Waals surface area (Å²) in [7, 11) is 0. The number of hydrogen-bond acceptors (Lipinski definition) is 7. The quantitative estimate of drug-likeness (QED) is 0.399. The van der Waals surface area contributed by atoms with E-state index in [-0.39, 0.29) is 74.6 Å². The van der Waals surface area contributed by atoms with Crippen molar-refractivity contribution >= 4 is 40.3 Å². The molecule has 0 bridgehead atoms. The molecule has 2 unspecified atom stereocenters. The summed E-state index contributed by atoms with van der Waals surface area (Å²) >= 11 is 1.03. The molecule has 2 aliphatic rings. The number of hydrogen-bond donors (Lipinski definition) is 0. The van der Waals surface area contributed by atoms with Gasteiger partial charge in [0.25, 0.3) is 5.56 Å². The van der Waals surface area contributed by atoms with E-state index in [9.17, 15) is 25.2 Å². The molecule has 180 valence electrons. The van der Waals surface area contributed by atoms with E-state index < -0.39 is 11.5 Å². The van der Waals surface area contributed by atoms with E-state index >= 15 is 0 Å². The number of thiazole rings is 1. The molecule has 0 N–H and O–H groups in total. The standard InChI is InChI=1S/C28H24N4O3S.K/c29-16-19(17-30)28-31(13-12-26(33)34)27(35)25(36-28)15-18-10-11-24-22(14-18)21-8-4-5-9-23(21)32(24)20-6-2-1-3-7-20;/h1-3,6-7,10-11,14-15,21,23H,4-5,8-9,12-13H2,(H,33,34);/q;+1/p-1/b25-15-;. The third kappa shape index (κ3) is 5.39. The summed E-state index contributed by atoms with van der Waals surface area (Å²) in [5, 5.41) is 29.7. The minimum Gasteiger partial charge on any atom is -0.550 e. The van der Waals surface area contributed by atoms with E-state index in [1.807, 2.05) is 24.3 Å². The Morgan fingerprint density at radius 2 is 1.84 bits per heavy atom. The molecule has 1 fully saturated rings. The van der Waals surface area contributed by atoms with E-state index in [4.69, 9.17) is 0 Å². The Morgan fingerprint density at radius 1 is 1.11 bits per heavy atom. The van der Waals surface area contributed by atoms with E-state index in [0.29, 0.717) is 16.5 Å². The number of nitrogens with zero attached hydrogens (tertiary/aromatic N) is 4. The average Bonchev–Trinajstić information content (AvgIpc) is 3.38. The van der Waals surface area contributed by atoms with Gasteiger partial charge in [-0.2, -0.15) is 10.5 Å². The van der Waals surface area contributed by atoms with Crippen molar-refractivity contribution in [3.63, 3.8) is 0 Å². The number of para-hydroxylation sites is 1. The van der Waals surface area contributed by atoms with Gasteiger partial charge in [0.1, 0.15) is 16.8 Å². The molecule has 2 atom stereocenters. The molecular weight excluding hydrogens is 511 g/mol. The first-order valence-electron chi connectivity index (χ1n) is 12.0. The van der Waals surface area contributed by atoms with Gasteiger partial charge in [0.2, 0.25) is 0 Å². The molecule has 3 aromatic rings. The van der Waals surface area contributed by atoms with Crippen molar-refractivity contribution in [2.24, 2.45) is 0 Å². The predicted octanol–water partition coefficient (Wildman–Crippen LogP) is -0.742. The summed E-state index contributed by atoms with van der Waals surface area (Å²) < 4.78 is 1.71. The first-order valence-corrected chi connectivity index (χ1v) is 12.8. The maximum absolute atomic E-state index is 13.1. The largest absolute Gasteiger partial charge is 1.00 e. The second-order valence-electron chi connectivity index (χ2n) is 9.08. The van der Waals surface area contributed by atoms with Gasteiger partial charge in [-0.05, 0) is 54.3 Å². The van der Waals surface area contributed by atoms with Crippen LogP contribution in [0.5, 0.6) is 0 Å². The molecule has 1 saturated carbocycles. The number of benzene rings is 2. The van der Waals surface area contributed by atoms with Gasteiger partial charge >= 0.3 is 51.4 Å². The fraction of sp³-hybridized carbons (Fsp3) is 0.286. The van der Waals surface area contributed by atoms with Crippen LogP contribution in [0.15, 0.2) is 53.3 Å². The summed E-state index contributed by atoms with van der Waals surface area (Å²) in [5.41, 5.74) is 3.87. The third-order valence-corrected chi connectivity index (χ3v) is 8.12. The number of carbonyl (C=O) groups is 1. The molecule has 0 radical (unpaired) electrons. The number of anilines is 2. The Kier molecular flexibility index (Phi) is 8.86. The first-order chi connectivity index (χ1) is 17.5. The Hall–Kier alpha value is -2.50. The van der Waals surface area contributed by atoms with Crippen LogP contribution >= 0.6 is 11.3 Å². The maximum Gasteiger partial charge on any atom is 1.00 e. The van der Waals surface area contributed by atoms with Crippen LogP contribution in [0.1, 0.15) is 49.1 Å². The maximum atomic E-state index is 13.1. The van der Waals surface area contributed by atoms with Gasteiger partial charge in [0, 0.05) is 42.3 Å². The van der Waals surface area contributed by atoms with Gasteiger partial charge in [-0.25, -0.2) is 0 Å². The zero-order chi connectivity index (χ0) is 25.2. The Balaban J connectivity index is 0.00000320. The first kappa shape index (κ1) is 27.5. The van der Waals surface area contributed by atoms with Crippen molar-refractivity contribution in [1.29, 1.82) is 10.5 Å². The fourth-order valence-electron chi connectivity index (χ4n) is 5.44. The van der Waals surface area contributed by atoms with Crippen molar-refractivity contribution in [2.75, 3.05) is 4.90 Å². The van der Waals surface area contributed by atoms with Crippen LogP contribution in [0.25, 0.3) is 11.6 Å². The molecule has 1 aromatic heterocycles. The smallest absolute Gasteiger partial charge is 0.550 e. The summed E-state index contributed by atoms with van der Waals surface area (Å²) in [6, 6.07) is 20.7. The average molecular weight is 535 g/mol. The topological polar surface area (TPSA) is 113 Å². The Morgan fingerprint density at radius 3 is 2.54 bits per heavy atom. The zero-order valence-corrected chi connectivity index (χ0v) is 24.5. The molecule has 1 aliphatic heterocycles. The van der Waals surface area contributed by atoms with Gasteiger partial charge in [-0.3, -0.25) is 9.36 Å². The number of carbonyl (C=O) groups excluding carboxylic acids is 1. The second-order valence-corrected chi connectivity index (χ2v) is 10.1. The molecule has 1 aliphatic carbocycles. The van der Waals surface area contributed by atoms with Gasteiger partial charge < -0.3 is 14.8 Å². The summed E-state index contributed by atoms with van der Waals surface area (Å²) in [6.45, 7) is -0.159. The molecule has 0 saturated heterocycles. The van der Waals surface area contributed by atoms with Gasteiger partial charge in [0.15, 0.2) is 5.57 Å². The SMILES string of the molecule is N#CC(C#N)=c1s/c(=C\c2ccc3c(c2)C2CCCCC2N3c2ccccc2)c(=O)n1CCC(=O)[O-].[K+]. The molecule has 2 heterocycles. The predicted molar refractivity (Wildman–Crippen MR) is 136 cm³/mol. The number of nitriles is 2. The van der Waals surface area contributed by atoms with Crippen LogP contribution in [0, 0.1) is 22.7 Å². The second kappa shape index (κ2) is 11.9. The molecule has 2 aromatic carbocycles. The Bertz CT molecular complexity index is 1580.